The number of aliphatic hydroxyl groups excluding tert-OH is 1. The van der Waals surface area contributed by atoms with Crippen molar-refractivity contribution in [2.75, 3.05) is 13.7 Å². The van der Waals surface area contributed by atoms with Crippen LogP contribution in [0.1, 0.15) is 6.42 Å². The van der Waals surface area contributed by atoms with Crippen LogP contribution >= 0.6 is 0 Å². The minimum absolute atomic E-state index is 0.0466. The normalized spacial score (nSPS) is 43.0. The molecule has 1 aliphatic rings. The maximum atomic E-state index is 13.1. The summed E-state index contributed by atoms with van der Waals surface area (Å²) in [6.07, 6.45) is -3.51. The standard InChI is InChI=1S/C7H14FNO3/c1-11-7-4(8)2-6(10)12-5(7)3-9/h4-7,10H,2-3,9H2,1H3. The number of ether oxygens (including phenoxy) is 2. The fourth-order valence-electron chi connectivity index (χ4n) is 1.38. The second kappa shape index (κ2) is 4.13. The van der Waals surface area contributed by atoms with Gasteiger partial charge in [-0.15, -0.1) is 0 Å². The van der Waals surface area contributed by atoms with Crippen LogP contribution in [0.2, 0.25) is 0 Å². The lowest BCUT2D eigenvalue weighted by Crippen LogP contribution is -2.50. The molecule has 3 N–H and O–H groups in total. The monoisotopic (exact) mass is 179 g/mol. The molecule has 0 saturated carbocycles. The van der Waals surface area contributed by atoms with Crippen LogP contribution in [-0.2, 0) is 9.47 Å². The van der Waals surface area contributed by atoms with E-state index in [9.17, 15) is 4.39 Å². The van der Waals surface area contributed by atoms with Crippen molar-refractivity contribution in [3.05, 3.63) is 0 Å². The van der Waals surface area contributed by atoms with Crippen LogP contribution in [-0.4, -0.2) is 43.4 Å². The van der Waals surface area contributed by atoms with Crippen molar-refractivity contribution in [1.29, 1.82) is 0 Å². The first-order valence-electron chi connectivity index (χ1n) is 3.89. The van der Waals surface area contributed by atoms with Gasteiger partial charge in [-0.3, -0.25) is 0 Å². The molecule has 1 heterocycles. The molecule has 0 aromatic heterocycles. The molecule has 1 fully saturated rings. The van der Waals surface area contributed by atoms with E-state index in [0.717, 1.165) is 0 Å². The van der Waals surface area contributed by atoms with E-state index >= 15 is 0 Å². The Hall–Kier alpha value is -0.230. The van der Waals surface area contributed by atoms with Gasteiger partial charge < -0.3 is 20.3 Å². The van der Waals surface area contributed by atoms with Gasteiger partial charge in [-0.1, -0.05) is 0 Å². The maximum Gasteiger partial charge on any atom is 0.157 e. The van der Waals surface area contributed by atoms with Crippen molar-refractivity contribution < 1.29 is 19.0 Å². The zero-order valence-corrected chi connectivity index (χ0v) is 6.94. The zero-order chi connectivity index (χ0) is 9.14. The molecule has 1 rings (SSSR count). The molecule has 4 nitrogen and oxygen atoms in total. The third-order valence-corrected chi connectivity index (χ3v) is 1.99. The minimum atomic E-state index is -1.20. The van der Waals surface area contributed by atoms with Crippen molar-refractivity contribution in [3.63, 3.8) is 0 Å². The third-order valence-electron chi connectivity index (χ3n) is 1.99. The van der Waals surface area contributed by atoms with E-state index in [1.807, 2.05) is 0 Å². The minimum Gasteiger partial charge on any atom is -0.376 e. The Morgan fingerprint density at radius 1 is 1.75 bits per heavy atom. The highest BCUT2D eigenvalue weighted by molar-refractivity contribution is 4.84. The number of aliphatic hydroxyl groups is 1. The lowest BCUT2D eigenvalue weighted by molar-refractivity contribution is -0.222. The van der Waals surface area contributed by atoms with Crippen LogP contribution in [0.5, 0.6) is 0 Å². The molecule has 0 aromatic rings. The molecule has 12 heavy (non-hydrogen) atoms. The highest BCUT2D eigenvalue weighted by atomic mass is 19.1. The van der Waals surface area contributed by atoms with E-state index in [1.54, 1.807) is 0 Å². The Morgan fingerprint density at radius 3 is 2.92 bits per heavy atom. The predicted molar refractivity (Wildman–Crippen MR) is 40.2 cm³/mol. The highest BCUT2D eigenvalue weighted by Gasteiger charge is 2.37. The number of hydrogen-bond donors (Lipinski definition) is 2. The van der Waals surface area contributed by atoms with E-state index in [4.69, 9.17) is 20.3 Å². The van der Waals surface area contributed by atoms with Crippen LogP contribution in [0.3, 0.4) is 0 Å². The number of alkyl halides is 1. The van der Waals surface area contributed by atoms with Crippen molar-refractivity contribution >= 4 is 0 Å². The quantitative estimate of drug-likeness (QED) is 0.594. The maximum absolute atomic E-state index is 13.1. The second-order valence-corrected chi connectivity index (χ2v) is 2.82. The Morgan fingerprint density at radius 2 is 2.42 bits per heavy atom. The van der Waals surface area contributed by atoms with E-state index < -0.39 is 24.7 Å². The Balaban J connectivity index is 2.56. The van der Waals surface area contributed by atoms with E-state index in [2.05, 4.69) is 0 Å². The third kappa shape index (κ3) is 1.92. The summed E-state index contributed by atoms with van der Waals surface area (Å²) in [4.78, 5) is 0. The molecule has 0 aromatic carbocycles. The SMILES string of the molecule is COC1C(F)CC(O)OC1CN. The summed E-state index contributed by atoms with van der Waals surface area (Å²) >= 11 is 0. The first kappa shape index (κ1) is 9.85. The summed E-state index contributed by atoms with van der Waals surface area (Å²) in [6.45, 7) is 0.149. The van der Waals surface area contributed by atoms with E-state index in [-0.39, 0.29) is 13.0 Å². The van der Waals surface area contributed by atoms with Crippen molar-refractivity contribution in [2.24, 2.45) is 5.73 Å². The first-order chi connectivity index (χ1) is 5.69. The smallest absolute Gasteiger partial charge is 0.157 e. The first-order valence-corrected chi connectivity index (χ1v) is 3.89. The van der Waals surface area contributed by atoms with Gasteiger partial charge in [0.05, 0.1) is 0 Å². The van der Waals surface area contributed by atoms with Gasteiger partial charge in [0, 0.05) is 20.1 Å². The second-order valence-electron chi connectivity index (χ2n) is 2.82. The molecule has 4 unspecified atom stereocenters. The summed E-state index contributed by atoms with van der Waals surface area (Å²) in [5, 5.41) is 9.02. The predicted octanol–water partition coefficient (Wildman–Crippen LogP) is -0.595. The molecule has 1 aliphatic heterocycles. The summed E-state index contributed by atoms with van der Waals surface area (Å²) < 4.78 is 23.0. The Kier molecular flexibility index (Phi) is 3.39. The molecule has 0 spiro atoms. The van der Waals surface area contributed by atoms with Gasteiger partial charge in [0.15, 0.2) is 6.29 Å². The number of rotatable bonds is 2. The Bertz CT molecular complexity index is 147. The van der Waals surface area contributed by atoms with Gasteiger partial charge in [0.2, 0.25) is 0 Å². The molecule has 0 amide bonds. The molecule has 0 aliphatic carbocycles. The fourth-order valence-corrected chi connectivity index (χ4v) is 1.38. The highest BCUT2D eigenvalue weighted by Crippen LogP contribution is 2.22. The molecule has 4 atom stereocenters. The number of halogens is 1. The summed E-state index contributed by atoms with van der Waals surface area (Å²) in [5.74, 6) is 0. The number of methoxy groups -OCH3 is 1. The lowest BCUT2D eigenvalue weighted by atomic mass is 10.0. The van der Waals surface area contributed by atoms with Gasteiger partial charge in [0.1, 0.15) is 18.4 Å². The fraction of sp³-hybridized carbons (Fsp3) is 1.00. The number of nitrogens with two attached hydrogens (primary N) is 1. The van der Waals surface area contributed by atoms with Crippen LogP contribution < -0.4 is 5.73 Å². The largest absolute Gasteiger partial charge is 0.376 e. The molecule has 5 heteroatoms. The average Bonchev–Trinajstić information content (AvgIpc) is 2.03. The van der Waals surface area contributed by atoms with Crippen LogP contribution in [0.4, 0.5) is 4.39 Å². The van der Waals surface area contributed by atoms with Crippen LogP contribution in [0.25, 0.3) is 0 Å². The summed E-state index contributed by atoms with van der Waals surface area (Å²) in [6, 6.07) is 0. The van der Waals surface area contributed by atoms with Gasteiger partial charge in [-0.25, -0.2) is 4.39 Å². The Labute approximate surface area is 70.4 Å². The van der Waals surface area contributed by atoms with Crippen molar-refractivity contribution in [1.82, 2.24) is 0 Å². The molecule has 0 bridgehead atoms. The molecular weight excluding hydrogens is 165 g/mol. The summed E-state index contributed by atoms with van der Waals surface area (Å²) in [5.41, 5.74) is 5.31. The zero-order valence-electron chi connectivity index (χ0n) is 6.94. The molecular formula is C7H14FNO3. The summed E-state index contributed by atoms with van der Waals surface area (Å²) in [7, 11) is 1.40. The topological polar surface area (TPSA) is 64.7 Å². The average molecular weight is 179 g/mol. The molecule has 72 valence electrons. The van der Waals surface area contributed by atoms with Gasteiger partial charge >= 0.3 is 0 Å². The van der Waals surface area contributed by atoms with Crippen molar-refractivity contribution in [3.8, 4) is 0 Å². The van der Waals surface area contributed by atoms with Gasteiger partial charge in [0.25, 0.3) is 0 Å². The molecule has 0 radical (unpaired) electrons. The van der Waals surface area contributed by atoms with E-state index in [1.165, 1.54) is 7.11 Å². The van der Waals surface area contributed by atoms with Crippen molar-refractivity contribution in [2.45, 2.75) is 31.1 Å². The van der Waals surface area contributed by atoms with Gasteiger partial charge in [-0.05, 0) is 0 Å². The van der Waals surface area contributed by atoms with Crippen LogP contribution in [0, 0.1) is 0 Å². The molecule has 1 saturated heterocycles. The van der Waals surface area contributed by atoms with Gasteiger partial charge in [-0.2, -0.15) is 0 Å². The van der Waals surface area contributed by atoms with Crippen LogP contribution in [0.15, 0.2) is 0 Å². The van der Waals surface area contributed by atoms with E-state index in [0.29, 0.717) is 0 Å². The lowest BCUT2D eigenvalue weighted by Gasteiger charge is -2.35. The number of hydrogen-bond acceptors (Lipinski definition) is 4.